The van der Waals surface area contributed by atoms with E-state index in [-0.39, 0.29) is 30.0 Å². The number of amides is 1. The average Bonchev–Trinajstić information content (AvgIpc) is 2.74. The van der Waals surface area contributed by atoms with E-state index < -0.39 is 0 Å². The fourth-order valence-corrected chi connectivity index (χ4v) is 2.49. The third-order valence-electron chi connectivity index (χ3n) is 3.66. The second-order valence-corrected chi connectivity index (χ2v) is 5.00. The monoisotopic (exact) mass is 242 g/mol. The van der Waals surface area contributed by atoms with Crippen molar-refractivity contribution in [2.24, 2.45) is 11.7 Å². The second kappa shape index (κ2) is 5.33. The average molecular weight is 242 g/mol. The highest BCUT2D eigenvalue weighted by molar-refractivity contribution is 5.80. The van der Waals surface area contributed by atoms with Crippen LogP contribution in [0.25, 0.3) is 0 Å². The van der Waals surface area contributed by atoms with Gasteiger partial charge in [0, 0.05) is 12.6 Å². The van der Waals surface area contributed by atoms with Gasteiger partial charge in [-0.3, -0.25) is 4.79 Å². The molecule has 0 radical (unpaired) electrons. The molecule has 2 rings (SSSR count). The number of carbonyl (C=O) groups is 1. The Morgan fingerprint density at radius 3 is 2.76 bits per heavy atom. The number of morpholine rings is 1. The molecule has 2 aliphatic heterocycles. The lowest BCUT2D eigenvalue weighted by Crippen LogP contribution is -2.55. The first kappa shape index (κ1) is 12.8. The van der Waals surface area contributed by atoms with E-state index >= 15 is 0 Å². The maximum atomic E-state index is 12.4. The molecular formula is C12H22N2O3. The first-order valence-electron chi connectivity index (χ1n) is 6.38. The van der Waals surface area contributed by atoms with Gasteiger partial charge in [0.05, 0.1) is 37.9 Å². The van der Waals surface area contributed by atoms with E-state index in [1.54, 1.807) is 0 Å². The van der Waals surface area contributed by atoms with Crippen LogP contribution in [-0.4, -0.2) is 55.4 Å². The van der Waals surface area contributed by atoms with Gasteiger partial charge in [-0.15, -0.1) is 0 Å². The van der Waals surface area contributed by atoms with Crippen molar-refractivity contribution in [3.63, 3.8) is 0 Å². The highest BCUT2D eigenvalue weighted by Gasteiger charge is 2.38. The number of ether oxygens (including phenoxy) is 2. The van der Waals surface area contributed by atoms with Crippen molar-refractivity contribution in [3.05, 3.63) is 0 Å². The number of carbonyl (C=O) groups excluding carboxylic acids is 1. The number of nitrogens with two attached hydrogens (primary N) is 1. The van der Waals surface area contributed by atoms with E-state index in [1.807, 2.05) is 11.8 Å². The zero-order valence-corrected chi connectivity index (χ0v) is 10.6. The fourth-order valence-electron chi connectivity index (χ4n) is 2.49. The molecule has 2 aliphatic rings. The van der Waals surface area contributed by atoms with Crippen LogP contribution in [0.2, 0.25) is 0 Å². The first-order valence-corrected chi connectivity index (χ1v) is 6.38. The maximum Gasteiger partial charge on any atom is 0.230 e. The van der Waals surface area contributed by atoms with Crippen LogP contribution in [0.15, 0.2) is 0 Å². The van der Waals surface area contributed by atoms with E-state index in [0.717, 1.165) is 6.42 Å². The summed E-state index contributed by atoms with van der Waals surface area (Å²) >= 11 is 0. The van der Waals surface area contributed by atoms with E-state index in [0.29, 0.717) is 26.4 Å². The van der Waals surface area contributed by atoms with Crippen LogP contribution >= 0.6 is 0 Å². The van der Waals surface area contributed by atoms with Crippen molar-refractivity contribution < 1.29 is 14.3 Å². The third kappa shape index (κ3) is 2.61. The molecule has 0 aliphatic carbocycles. The smallest absolute Gasteiger partial charge is 0.230 e. The summed E-state index contributed by atoms with van der Waals surface area (Å²) in [6.07, 6.45) is 1.03. The van der Waals surface area contributed by atoms with Crippen molar-refractivity contribution >= 4 is 5.91 Å². The van der Waals surface area contributed by atoms with Crippen LogP contribution in [-0.2, 0) is 14.3 Å². The molecule has 0 bridgehead atoms. The van der Waals surface area contributed by atoms with Gasteiger partial charge in [-0.05, 0) is 13.3 Å². The summed E-state index contributed by atoms with van der Waals surface area (Å²) in [5.41, 5.74) is 5.90. The van der Waals surface area contributed by atoms with E-state index in [4.69, 9.17) is 15.2 Å². The van der Waals surface area contributed by atoms with Crippen molar-refractivity contribution in [1.29, 1.82) is 0 Å². The van der Waals surface area contributed by atoms with Gasteiger partial charge in [0.2, 0.25) is 5.91 Å². The van der Waals surface area contributed by atoms with Gasteiger partial charge in [0.15, 0.2) is 0 Å². The molecule has 5 heteroatoms. The summed E-state index contributed by atoms with van der Waals surface area (Å²) in [5, 5.41) is 0. The predicted octanol–water partition coefficient (Wildman–Crippen LogP) is -0.0140. The Kier molecular flexibility index (Phi) is 4.01. The van der Waals surface area contributed by atoms with Gasteiger partial charge >= 0.3 is 0 Å². The quantitative estimate of drug-likeness (QED) is 0.739. The minimum absolute atomic E-state index is 0.111. The van der Waals surface area contributed by atoms with Gasteiger partial charge in [0.25, 0.3) is 0 Å². The molecular weight excluding hydrogens is 220 g/mol. The Morgan fingerprint density at radius 2 is 2.18 bits per heavy atom. The molecule has 4 unspecified atom stereocenters. The minimum atomic E-state index is -0.172. The predicted molar refractivity (Wildman–Crippen MR) is 63.5 cm³/mol. The lowest BCUT2D eigenvalue weighted by Gasteiger charge is -2.39. The largest absolute Gasteiger partial charge is 0.379 e. The Bertz CT molecular complexity index is 285. The van der Waals surface area contributed by atoms with Gasteiger partial charge in [-0.25, -0.2) is 0 Å². The van der Waals surface area contributed by atoms with Crippen molar-refractivity contribution in [2.75, 3.05) is 26.4 Å². The molecule has 2 N–H and O–H groups in total. The second-order valence-electron chi connectivity index (χ2n) is 5.00. The van der Waals surface area contributed by atoms with Gasteiger partial charge in [0.1, 0.15) is 0 Å². The molecule has 0 saturated carbocycles. The highest BCUT2D eigenvalue weighted by atomic mass is 16.5. The number of nitrogens with zero attached hydrogens (tertiary/aromatic N) is 1. The van der Waals surface area contributed by atoms with Crippen LogP contribution in [0, 0.1) is 5.92 Å². The molecule has 4 atom stereocenters. The van der Waals surface area contributed by atoms with Gasteiger partial charge in [-0.2, -0.15) is 0 Å². The third-order valence-corrected chi connectivity index (χ3v) is 3.66. The number of hydrogen-bond donors (Lipinski definition) is 1. The summed E-state index contributed by atoms with van der Waals surface area (Å²) in [4.78, 5) is 14.4. The highest BCUT2D eigenvalue weighted by Crippen LogP contribution is 2.21. The number of hydrogen-bond acceptors (Lipinski definition) is 4. The molecule has 17 heavy (non-hydrogen) atoms. The van der Waals surface area contributed by atoms with Gasteiger partial charge in [-0.1, -0.05) is 6.92 Å². The minimum Gasteiger partial charge on any atom is -0.379 e. The lowest BCUT2D eigenvalue weighted by molar-refractivity contribution is -0.149. The summed E-state index contributed by atoms with van der Waals surface area (Å²) in [6, 6.07) is 0.0321. The van der Waals surface area contributed by atoms with Gasteiger partial charge < -0.3 is 20.1 Å². The van der Waals surface area contributed by atoms with Crippen LogP contribution in [0.1, 0.15) is 20.3 Å². The molecule has 0 spiro atoms. The first-order chi connectivity index (χ1) is 8.13. The Balaban J connectivity index is 2.05. The standard InChI is InChI=1S/C12H22N2O3/c1-3-9-5-17-8(2)4-14(9)12(15)10-6-16-7-11(10)13/h8-11H,3-7,13H2,1-2H3. The Hall–Kier alpha value is -0.650. The fraction of sp³-hybridized carbons (Fsp3) is 0.917. The molecule has 2 fully saturated rings. The molecule has 98 valence electrons. The topological polar surface area (TPSA) is 64.8 Å². The van der Waals surface area contributed by atoms with Crippen LogP contribution in [0.5, 0.6) is 0 Å². The SMILES string of the molecule is CCC1COC(C)CN1C(=O)C1COCC1N. The number of rotatable bonds is 2. The summed E-state index contributed by atoms with van der Waals surface area (Å²) < 4.78 is 10.9. The van der Waals surface area contributed by atoms with Crippen molar-refractivity contribution in [1.82, 2.24) is 4.90 Å². The van der Waals surface area contributed by atoms with Crippen molar-refractivity contribution in [2.45, 2.75) is 38.5 Å². The maximum absolute atomic E-state index is 12.4. The molecule has 1 amide bonds. The molecule has 2 saturated heterocycles. The van der Waals surface area contributed by atoms with E-state index in [2.05, 4.69) is 6.92 Å². The summed E-state index contributed by atoms with van der Waals surface area (Å²) in [7, 11) is 0. The van der Waals surface area contributed by atoms with E-state index in [9.17, 15) is 4.79 Å². The van der Waals surface area contributed by atoms with Crippen molar-refractivity contribution in [3.8, 4) is 0 Å². The van der Waals surface area contributed by atoms with Crippen LogP contribution in [0.4, 0.5) is 0 Å². The Morgan fingerprint density at radius 1 is 1.41 bits per heavy atom. The molecule has 0 aromatic heterocycles. The molecule has 2 heterocycles. The van der Waals surface area contributed by atoms with Crippen LogP contribution < -0.4 is 5.73 Å². The van der Waals surface area contributed by atoms with E-state index in [1.165, 1.54) is 0 Å². The molecule has 0 aromatic carbocycles. The normalized spacial score (nSPS) is 38.4. The molecule has 5 nitrogen and oxygen atoms in total. The Labute approximate surface area is 102 Å². The summed E-state index contributed by atoms with van der Waals surface area (Å²) in [5.74, 6) is -0.0358. The zero-order chi connectivity index (χ0) is 12.4. The summed E-state index contributed by atoms with van der Waals surface area (Å²) in [6.45, 7) is 6.33. The molecule has 0 aromatic rings. The lowest BCUT2D eigenvalue weighted by atomic mass is 10.00. The zero-order valence-electron chi connectivity index (χ0n) is 10.6. The van der Waals surface area contributed by atoms with Crippen LogP contribution in [0.3, 0.4) is 0 Å².